The normalized spacial score (nSPS) is 14.1. The molecular formula is C14H19N3O2. The molecule has 5 nitrogen and oxygen atoms in total. The lowest BCUT2D eigenvalue weighted by atomic mass is 10.1. The smallest absolute Gasteiger partial charge is 0.238 e. The average molecular weight is 261 g/mol. The van der Waals surface area contributed by atoms with Gasteiger partial charge in [-0.05, 0) is 43.0 Å². The van der Waals surface area contributed by atoms with Crippen molar-refractivity contribution in [2.45, 2.75) is 19.3 Å². The number of benzene rings is 1. The van der Waals surface area contributed by atoms with Crippen LogP contribution in [0.5, 0.6) is 0 Å². The number of anilines is 1. The zero-order chi connectivity index (χ0) is 13.7. The fraction of sp³-hybridized carbons (Fsp3) is 0.429. The average Bonchev–Trinajstić information content (AvgIpc) is 3.15. The lowest BCUT2D eigenvalue weighted by molar-refractivity contribution is -0.117. The number of nitrogens with two attached hydrogens (primary N) is 1. The van der Waals surface area contributed by atoms with Gasteiger partial charge in [0.15, 0.2) is 0 Å². The lowest BCUT2D eigenvalue weighted by Gasteiger charge is -2.07. The third-order valence-electron chi connectivity index (χ3n) is 3.03. The van der Waals surface area contributed by atoms with E-state index in [9.17, 15) is 9.59 Å². The summed E-state index contributed by atoms with van der Waals surface area (Å²) >= 11 is 0. The van der Waals surface area contributed by atoms with Gasteiger partial charge in [0.1, 0.15) is 0 Å². The predicted octanol–water partition coefficient (Wildman–Crippen LogP) is 0.652. The van der Waals surface area contributed by atoms with Crippen LogP contribution in [0.1, 0.15) is 18.4 Å². The number of nitrogens with one attached hydrogen (secondary N) is 2. The molecule has 0 radical (unpaired) electrons. The largest absolute Gasteiger partial charge is 0.369 e. The van der Waals surface area contributed by atoms with Crippen molar-refractivity contribution in [2.75, 3.05) is 18.4 Å². The topological polar surface area (TPSA) is 84.2 Å². The quantitative estimate of drug-likeness (QED) is 0.674. The molecule has 1 aromatic carbocycles. The molecule has 1 aliphatic rings. The Labute approximate surface area is 112 Å². The molecule has 19 heavy (non-hydrogen) atoms. The van der Waals surface area contributed by atoms with Crippen molar-refractivity contribution < 1.29 is 9.59 Å². The molecule has 2 rings (SSSR count). The van der Waals surface area contributed by atoms with Crippen molar-refractivity contribution in [2.24, 2.45) is 11.7 Å². The molecule has 2 amide bonds. The third kappa shape index (κ3) is 5.09. The molecule has 0 aliphatic heterocycles. The maximum atomic E-state index is 11.6. The number of rotatable bonds is 7. The van der Waals surface area contributed by atoms with E-state index in [0.717, 1.165) is 23.7 Å². The summed E-state index contributed by atoms with van der Waals surface area (Å²) in [6, 6.07) is 7.13. The predicted molar refractivity (Wildman–Crippen MR) is 73.6 cm³/mol. The van der Waals surface area contributed by atoms with Crippen LogP contribution >= 0.6 is 0 Å². The Morgan fingerprint density at radius 3 is 2.47 bits per heavy atom. The van der Waals surface area contributed by atoms with E-state index in [0.29, 0.717) is 6.54 Å². The van der Waals surface area contributed by atoms with Gasteiger partial charge in [-0.15, -0.1) is 0 Å². The van der Waals surface area contributed by atoms with Gasteiger partial charge in [0.2, 0.25) is 11.8 Å². The highest BCUT2D eigenvalue weighted by Crippen LogP contribution is 2.27. The van der Waals surface area contributed by atoms with E-state index < -0.39 is 0 Å². The molecule has 0 aromatic heterocycles. The highest BCUT2D eigenvalue weighted by Gasteiger charge is 2.20. The molecule has 1 aliphatic carbocycles. The first-order valence-corrected chi connectivity index (χ1v) is 6.51. The summed E-state index contributed by atoms with van der Waals surface area (Å²) in [5.41, 5.74) is 6.68. The maximum absolute atomic E-state index is 11.6. The molecule has 1 fully saturated rings. The number of carbonyl (C=O) groups is 2. The summed E-state index contributed by atoms with van der Waals surface area (Å²) in [5, 5.41) is 5.93. The second kappa shape index (κ2) is 6.33. The van der Waals surface area contributed by atoms with Crippen LogP contribution in [0.25, 0.3) is 0 Å². The minimum atomic E-state index is -0.360. The summed E-state index contributed by atoms with van der Waals surface area (Å²) in [7, 11) is 0. The fourth-order valence-electron chi connectivity index (χ4n) is 1.82. The Morgan fingerprint density at radius 2 is 1.89 bits per heavy atom. The molecule has 0 atom stereocenters. The molecule has 1 saturated carbocycles. The number of hydrogen-bond donors (Lipinski definition) is 3. The standard InChI is InChI=1S/C14H19N3O2/c15-13(18)7-10-3-5-12(6-4-10)17-14(19)9-16-8-11-1-2-11/h3-6,11,16H,1-2,7-9H2,(H2,15,18)(H,17,19). The van der Waals surface area contributed by atoms with E-state index >= 15 is 0 Å². The van der Waals surface area contributed by atoms with Crippen LogP contribution in [-0.4, -0.2) is 24.9 Å². The Bertz CT molecular complexity index is 452. The molecule has 0 saturated heterocycles. The molecule has 102 valence electrons. The van der Waals surface area contributed by atoms with E-state index in [4.69, 9.17) is 5.73 Å². The van der Waals surface area contributed by atoms with E-state index in [1.807, 2.05) is 0 Å². The van der Waals surface area contributed by atoms with Crippen LogP contribution < -0.4 is 16.4 Å². The monoisotopic (exact) mass is 261 g/mol. The van der Waals surface area contributed by atoms with E-state index in [2.05, 4.69) is 10.6 Å². The van der Waals surface area contributed by atoms with Crippen LogP contribution in [0.3, 0.4) is 0 Å². The summed E-state index contributed by atoms with van der Waals surface area (Å²) < 4.78 is 0. The van der Waals surface area contributed by atoms with Crippen LogP contribution in [0.4, 0.5) is 5.69 Å². The molecule has 0 heterocycles. The Hall–Kier alpha value is -1.88. The minimum absolute atomic E-state index is 0.0525. The fourth-order valence-corrected chi connectivity index (χ4v) is 1.82. The Balaban J connectivity index is 1.74. The van der Waals surface area contributed by atoms with Crippen molar-refractivity contribution in [1.29, 1.82) is 0 Å². The zero-order valence-corrected chi connectivity index (χ0v) is 10.8. The number of hydrogen-bond acceptors (Lipinski definition) is 3. The van der Waals surface area contributed by atoms with Gasteiger partial charge in [0.25, 0.3) is 0 Å². The third-order valence-corrected chi connectivity index (χ3v) is 3.03. The van der Waals surface area contributed by atoms with Crippen molar-refractivity contribution in [3.63, 3.8) is 0 Å². The van der Waals surface area contributed by atoms with Gasteiger partial charge in [-0.2, -0.15) is 0 Å². The summed E-state index contributed by atoms with van der Waals surface area (Å²) in [6.45, 7) is 1.25. The van der Waals surface area contributed by atoms with E-state index in [-0.39, 0.29) is 18.2 Å². The maximum Gasteiger partial charge on any atom is 0.238 e. The molecule has 4 N–H and O–H groups in total. The molecule has 5 heteroatoms. The number of amides is 2. The number of primary amides is 1. The minimum Gasteiger partial charge on any atom is -0.369 e. The van der Waals surface area contributed by atoms with Crippen molar-refractivity contribution in [3.05, 3.63) is 29.8 Å². The Kier molecular flexibility index (Phi) is 4.52. The SMILES string of the molecule is NC(=O)Cc1ccc(NC(=O)CNCC2CC2)cc1. The zero-order valence-electron chi connectivity index (χ0n) is 10.8. The second-order valence-electron chi connectivity index (χ2n) is 4.96. The molecular weight excluding hydrogens is 242 g/mol. The van der Waals surface area contributed by atoms with Gasteiger partial charge in [-0.3, -0.25) is 9.59 Å². The van der Waals surface area contributed by atoms with Gasteiger partial charge < -0.3 is 16.4 Å². The van der Waals surface area contributed by atoms with Crippen LogP contribution in [-0.2, 0) is 16.0 Å². The van der Waals surface area contributed by atoms with E-state index in [1.165, 1.54) is 12.8 Å². The Morgan fingerprint density at radius 1 is 1.21 bits per heavy atom. The van der Waals surface area contributed by atoms with Crippen molar-refractivity contribution in [3.8, 4) is 0 Å². The van der Waals surface area contributed by atoms with Crippen LogP contribution in [0.15, 0.2) is 24.3 Å². The van der Waals surface area contributed by atoms with Crippen LogP contribution in [0, 0.1) is 5.92 Å². The van der Waals surface area contributed by atoms with E-state index in [1.54, 1.807) is 24.3 Å². The summed E-state index contributed by atoms with van der Waals surface area (Å²) in [4.78, 5) is 22.4. The molecule has 0 bridgehead atoms. The summed E-state index contributed by atoms with van der Waals surface area (Å²) in [5.74, 6) is 0.352. The van der Waals surface area contributed by atoms with Gasteiger partial charge in [0.05, 0.1) is 13.0 Å². The number of carbonyl (C=O) groups excluding carboxylic acids is 2. The van der Waals surface area contributed by atoms with Gasteiger partial charge in [-0.25, -0.2) is 0 Å². The van der Waals surface area contributed by atoms with Gasteiger partial charge >= 0.3 is 0 Å². The van der Waals surface area contributed by atoms with Crippen molar-refractivity contribution >= 4 is 17.5 Å². The molecule has 0 unspecified atom stereocenters. The van der Waals surface area contributed by atoms with Crippen LogP contribution in [0.2, 0.25) is 0 Å². The first-order chi connectivity index (χ1) is 9.13. The first kappa shape index (κ1) is 13.5. The highest BCUT2D eigenvalue weighted by atomic mass is 16.2. The second-order valence-corrected chi connectivity index (χ2v) is 4.96. The van der Waals surface area contributed by atoms with Gasteiger partial charge in [-0.1, -0.05) is 12.1 Å². The lowest BCUT2D eigenvalue weighted by Crippen LogP contribution is -2.29. The molecule has 1 aromatic rings. The highest BCUT2D eigenvalue weighted by molar-refractivity contribution is 5.92. The first-order valence-electron chi connectivity index (χ1n) is 6.51. The summed E-state index contributed by atoms with van der Waals surface area (Å²) in [6.07, 6.45) is 2.77. The van der Waals surface area contributed by atoms with Gasteiger partial charge in [0, 0.05) is 5.69 Å². The molecule has 0 spiro atoms. The van der Waals surface area contributed by atoms with Crippen molar-refractivity contribution in [1.82, 2.24) is 5.32 Å².